The van der Waals surface area contributed by atoms with E-state index in [1.54, 1.807) is 12.1 Å². The molecule has 0 saturated carbocycles. The molecule has 0 bridgehead atoms. The third-order valence-electron chi connectivity index (χ3n) is 3.52. The highest BCUT2D eigenvalue weighted by molar-refractivity contribution is 5.22. The second-order valence-corrected chi connectivity index (χ2v) is 5.93. The number of aliphatic hydroxyl groups is 1. The molecule has 1 aromatic carbocycles. The van der Waals surface area contributed by atoms with Gasteiger partial charge in [0, 0.05) is 26.2 Å². The van der Waals surface area contributed by atoms with Gasteiger partial charge in [-0.25, -0.2) is 4.39 Å². The van der Waals surface area contributed by atoms with Crippen LogP contribution in [0.5, 0.6) is 5.75 Å². The number of β-amino-alcohol motifs (C(OH)–C–C–N with tert-alkyl or cyclic N) is 1. The van der Waals surface area contributed by atoms with Crippen LogP contribution in [0.4, 0.5) is 4.39 Å². The molecular weight excluding hydrogens is 287 g/mol. The minimum absolute atomic E-state index is 0.175. The first-order chi connectivity index (χ1) is 10.5. The molecule has 0 aromatic heterocycles. The lowest BCUT2D eigenvalue weighted by molar-refractivity contribution is -0.0519. The van der Waals surface area contributed by atoms with E-state index in [1.807, 2.05) is 14.1 Å². The molecule has 2 atom stereocenters. The fourth-order valence-electron chi connectivity index (χ4n) is 2.54. The van der Waals surface area contributed by atoms with Crippen LogP contribution in [0.1, 0.15) is 0 Å². The van der Waals surface area contributed by atoms with Gasteiger partial charge < -0.3 is 19.5 Å². The molecule has 124 valence electrons. The number of hydrogen-bond donors (Lipinski definition) is 1. The van der Waals surface area contributed by atoms with E-state index in [1.165, 1.54) is 12.1 Å². The summed E-state index contributed by atoms with van der Waals surface area (Å²) in [6, 6.07) is 5.80. The van der Waals surface area contributed by atoms with Gasteiger partial charge in [-0.2, -0.15) is 0 Å². The highest BCUT2D eigenvalue weighted by Crippen LogP contribution is 2.12. The third kappa shape index (κ3) is 5.88. The molecule has 5 nitrogen and oxygen atoms in total. The first kappa shape index (κ1) is 17.1. The van der Waals surface area contributed by atoms with E-state index in [-0.39, 0.29) is 18.5 Å². The van der Waals surface area contributed by atoms with Crippen molar-refractivity contribution in [2.75, 3.05) is 53.5 Å². The summed E-state index contributed by atoms with van der Waals surface area (Å²) in [5.41, 5.74) is 0. The van der Waals surface area contributed by atoms with Crippen molar-refractivity contribution in [2.24, 2.45) is 0 Å². The standard InChI is InChI=1S/C16H25FN2O3/c1-18(2)10-16-11-19(7-8-21-16)9-14(20)12-22-15-5-3-13(17)4-6-15/h3-6,14,16,20H,7-12H2,1-2H3/t14-,16+/m0/s1. The predicted octanol–water partition coefficient (Wildman–Crippen LogP) is 0.828. The molecule has 0 aliphatic carbocycles. The molecule has 0 spiro atoms. The minimum Gasteiger partial charge on any atom is -0.491 e. The van der Waals surface area contributed by atoms with Gasteiger partial charge in [-0.15, -0.1) is 0 Å². The first-order valence-electron chi connectivity index (χ1n) is 7.58. The lowest BCUT2D eigenvalue weighted by Gasteiger charge is -2.35. The summed E-state index contributed by atoms with van der Waals surface area (Å²) in [5, 5.41) is 10.1. The molecule has 1 aliphatic rings. The second-order valence-electron chi connectivity index (χ2n) is 5.93. The molecule has 1 saturated heterocycles. The van der Waals surface area contributed by atoms with Crippen molar-refractivity contribution >= 4 is 0 Å². The maximum absolute atomic E-state index is 12.8. The van der Waals surface area contributed by atoms with Gasteiger partial charge in [0.15, 0.2) is 0 Å². The predicted molar refractivity (Wildman–Crippen MR) is 82.6 cm³/mol. The first-order valence-corrected chi connectivity index (χ1v) is 7.58. The number of benzene rings is 1. The molecule has 1 aliphatic heterocycles. The van der Waals surface area contributed by atoms with Gasteiger partial charge in [-0.1, -0.05) is 0 Å². The van der Waals surface area contributed by atoms with Crippen LogP contribution in [0.25, 0.3) is 0 Å². The monoisotopic (exact) mass is 312 g/mol. The smallest absolute Gasteiger partial charge is 0.123 e. The van der Waals surface area contributed by atoms with Crippen molar-refractivity contribution in [1.82, 2.24) is 9.80 Å². The lowest BCUT2D eigenvalue weighted by Crippen LogP contribution is -2.49. The summed E-state index contributed by atoms with van der Waals surface area (Å²) in [6.45, 7) is 3.93. The molecule has 1 aromatic rings. The third-order valence-corrected chi connectivity index (χ3v) is 3.52. The summed E-state index contributed by atoms with van der Waals surface area (Å²) in [7, 11) is 4.04. The van der Waals surface area contributed by atoms with E-state index < -0.39 is 6.10 Å². The summed E-state index contributed by atoms with van der Waals surface area (Å²) in [4.78, 5) is 4.29. The molecule has 0 unspecified atom stereocenters. The van der Waals surface area contributed by atoms with Gasteiger partial charge in [-0.3, -0.25) is 4.90 Å². The second kappa shape index (κ2) is 8.43. The van der Waals surface area contributed by atoms with Crippen molar-refractivity contribution in [1.29, 1.82) is 0 Å². The van der Waals surface area contributed by atoms with Crippen LogP contribution in [0.15, 0.2) is 24.3 Å². The number of rotatable bonds is 7. The molecule has 1 fully saturated rings. The highest BCUT2D eigenvalue weighted by Gasteiger charge is 2.22. The summed E-state index contributed by atoms with van der Waals surface area (Å²) >= 11 is 0. The van der Waals surface area contributed by atoms with E-state index in [9.17, 15) is 9.50 Å². The number of hydrogen-bond acceptors (Lipinski definition) is 5. The average molecular weight is 312 g/mol. The van der Waals surface area contributed by atoms with E-state index >= 15 is 0 Å². The normalized spacial score (nSPS) is 21.0. The van der Waals surface area contributed by atoms with Crippen molar-refractivity contribution in [2.45, 2.75) is 12.2 Å². The number of likely N-dealkylation sites (N-methyl/N-ethyl adjacent to an activating group) is 1. The van der Waals surface area contributed by atoms with Crippen molar-refractivity contribution < 1.29 is 19.0 Å². The van der Waals surface area contributed by atoms with Crippen LogP contribution < -0.4 is 4.74 Å². The lowest BCUT2D eigenvalue weighted by atomic mass is 10.2. The van der Waals surface area contributed by atoms with Gasteiger partial charge in [0.25, 0.3) is 0 Å². The Hall–Kier alpha value is -1.21. The summed E-state index contributed by atoms with van der Waals surface area (Å²) in [6.07, 6.45) is -0.405. The van der Waals surface area contributed by atoms with Gasteiger partial charge in [0.05, 0.1) is 12.7 Å². The van der Waals surface area contributed by atoms with Gasteiger partial charge in [0.1, 0.15) is 24.3 Å². The van der Waals surface area contributed by atoms with Gasteiger partial charge in [0.2, 0.25) is 0 Å². The Morgan fingerprint density at radius 3 is 2.82 bits per heavy atom. The van der Waals surface area contributed by atoms with Crippen LogP contribution >= 0.6 is 0 Å². The summed E-state index contributed by atoms with van der Waals surface area (Å²) in [5.74, 6) is 0.265. The van der Waals surface area contributed by atoms with Crippen LogP contribution in [0.3, 0.4) is 0 Å². The van der Waals surface area contributed by atoms with Gasteiger partial charge >= 0.3 is 0 Å². The topological polar surface area (TPSA) is 45.2 Å². The number of halogens is 1. The van der Waals surface area contributed by atoms with Crippen LogP contribution in [0, 0.1) is 5.82 Å². The number of nitrogens with zero attached hydrogens (tertiary/aromatic N) is 2. The zero-order valence-electron chi connectivity index (χ0n) is 13.2. The maximum atomic E-state index is 12.8. The molecule has 22 heavy (non-hydrogen) atoms. The quantitative estimate of drug-likeness (QED) is 0.808. The molecule has 6 heteroatoms. The Labute approximate surface area is 131 Å². The van der Waals surface area contributed by atoms with Crippen molar-refractivity contribution in [3.05, 3.63) is 30.1 Å². The molecular formula is C16H25FN2O3. The van der Waals surface area contributed by atoms with Crippen molar-refractivity contribution in [3.8, 4) is 5.75 Å². The molecule has 1 heterocycles. The van der Waals surface area contributed by atoms with E-state index in [0.717, 1.165) is 19.6 Å². The van der Waals surface area contributed by atoms with E-state index in [2.05, 4.69) is 9.80 Å². The fourth-order valence-corrected chi connectivity index (χ4v) is 2.54. The number of ether oxygens (including phenoxy) is 2. The maximum Gasteiger partial charge on any atom is 0.123 e. The highest BCUT2D eigenvalue weighted by atomic mass is 19.1. The van der Waals surface area contributed by atoms with Gasteiger partial charge in [-0.05, 0) is 38.4 Å². The molecule has 2 rings (SSSR count). The number of aliphatic hydroxyl groups excluding tert-OH is 1. The largest absolute Gasteiger partial charge is 0.491 e. The zero-order valence-corrected chi connectivity index (χ0v) is 13.2. The van der Waals surface area contributed by atoms with Crippen LogP contribution in [-0.2, 0) is 4.74 Å². The zero-order chi connectivity index (χ0) is 15.9. The summed E-state index contributed by atoms with van der Waals surface area (Å²) < 4.78 is 24.0. The average Bonchev–Trinajstić information content (AvgIpc) is 2.46. The Kier molecular flexibility index (Phi) is 6.57. The number of morpholine rings is 1. The molecule has 0 amide bonds. The minimum atomic E-state index is -0.580. The molecule has 0 radical (unpaired) electrons. The molecule has 1 N–H and O–H groups in total. The fraction of sp³-hybridized carbons (Fsp3) is 0.625. The van der Waals surface area contributed by atoms with E-state index in [4.69, 9.17) is 9.47 Å². The Bertz CT molecular complexity index is 442. The van der Waals surface area contributed by atoms with Crippen LogP contribution in [-0.4, -0.2) is 80.6 Å². The Balaban J connectivity index is 1.71. The van der Waals surface area contributed by atoms with E-state index in [0.29, 0.717) is 18.9 Å². The van der Waals surface area contributed by atoms with Crippen molar-refractivity contribution in [3.63, 3.8) is 0 Å². The Morgan fingerprint density at radius 2 is 2.14 bits per heavy atom. The Morgan fingerprint density at radius 1 is 1.41 bits per heavy atom. The van der Waals surface area contributed by atoms with Crippen LogP contribution in [0.2, 0.25) is 0 Å². The SMILES string of the molecule is CN(C)C[C@@H]1CN(C[C@H](O)COc2ccc(F)cc2)CCO1.